The quantitative estimate of drug-likeness (QED) is 0.333. The molecule has 32 heavy (non-hydrogen) atoms. The van der Waals surface area contributed by atoms with E-state index in [1.165, 1.54) is 11.0 Å². The molecule has 3 aromatic carbocycles. The molecule has 0 saturated heterocycles. The summed E-state index contributed by atoms with van der Waals surface area (Å²) in [7, 11) is 0. The van der Waals surface area contributed by atoms with Crippen LogP contribution in [0.1, 0.15) is 18.1 Å². The molecule has 4 rings (SSSR count). The molecule has 0 amide bonds. The molecule has 6 nitrogen and oxygen atoms in total. The van der Waals surface area contributed by atoms with Crippen LogP contribution < -0.4 is 15.0 Å². The Labute approximate surface area is 194 Å². The Kier molecular flexibility index (Phi) is 6.73. The van der Waals surface area contributed by atoms with Gasteiger partial charge in [-0.15, -0.1) is 0 Å². The van der Waals surface area contributed by atoms with E-state index in [0.29, 0.717) is 39.1 Å². The Bertz CT molecular complexity index is 1350. The van der Waals surface area contributed by atoms with E-state index in [1.54, 1.807) is 48.7 Å². The lowest BCUT2D eigenvalue weighted by atomic mass is 10.2. The number of benzene rings is 3. The Hall–Kier alpha value is -3.35. The monoisotopic (exact) mass is 467 g/mol. The standard InChI is InChI=1S/C24H19Cl2N3O3/c1-2-31-23-11-16(7-10-22(23)32-14-17-8-9-18(25)12-20(17)26)13-28-29-15-27-21-6-4-3-5-19(21)24(29)30/h3-13,15H,2,14H2,1H3. The Morgan fingerprint density at radius 1 is 1.03 bits per heavy atom. The smallest absolute Gasteiger partial charge is 0.281 e. The van der Waals surface area contributed by atoms with Crippen molar-refractivity contribution in [2.24, 2.45) is 5.10 Å². The molecule has 8 heteroatoms. The molecule has 1 aromatic heterocycles. The minimum Gasteiger partial charge on any atom is -0.490 e. The van der Waals surface area contributed by atoms with Crippen LogP contribution in [-0.2, 0) is 6.61 Å². The van der Waals surface area contributed by atoms with Crippen LogP contribution in [0.3, 0.4) is 0 Å². The SMILES string of the molecule is CCOc1cc(C=Nn2cnc3ccccc3c2=O)ccc1OCc1ccc(Cl)cc1Cl. The van der Waals surface area contributed by atoms with Gasteiger partial charge in [0.15, 0.2) is 11.5 Å². The van der Waals surface area contributed by atoms with E-state index in [2.05, 4.69) is 10.1 Å². The van der Waals surface area contributed by atoms with Crippen molar-refractivity contribution >= 4 is 40.3 Å². The molecule has 0 unspecified atom stereocenters. The summed E-state index contributed by atoms with van der Waals surface area (Å²) in [6.45, 7) is 2.62. The molecule has 4 aromatic rings. The van der Waals surface area contributed by atoms with Crippen LogP contribution >= 0.6 is 23.2 Å². The maximum absolute atomic E-state index is 12.6. The number of halogens is 2. The van der Waals surface area contributed by atoms with Crippen LogP contribution in [-0.4, -0.2) is 22.5 Å². The first-order chi connectivity index (χ1) is 15.5. The summed E-state index contributed by atoms with van der Waals surface area (Å²) in [6, 6.07) is 17.8. The van der Waals surface area contributed by atoms with E-state index in [4.69, 9.17) is 32.7 Å². The van der Waals surface area contributed by atoms with Crippen molar-refractivity contribution in [2.75, 3.05) is 6.61 Å². The highest BCUT2D eigenvalue weighted by Gasteiger charge is 2.09. The summed E-state index contributed by atoms with van der Waals surface area (Å²) in [5.74, 6) is 1.13. The van der Waals surface area contributed by atoms with Crippen molar-refractivity contribution in [3.63, 3.8) is 0 Å². The molecule has 0 aliphatic rings. The largest absolute Gasteiger partial charge is 0.490 e. The Morgan fingerprint density at radius 2 is 1.88 bits per heavy atom. The van der Waals surface area contributed by atoms with Crippen LogP contribution in [0, 0.1) is 0 Å². The molecule has 0 fully saturated rings. The summed E-state index contributed by atoms with van der Waals surface area (Å²) in [5, 5.41) is 5.87. The van der Waals surface area contributed by atoms with Gasteiger partial charge in [0, 0.05) is 15.6 Å². The van der Waals surface area contributed by atoms with Gasteiger partial charge in [0.2, 0.25) is 0 Å². The van der Waals surface area contributed by atoms with Crippen molar-refractivity contribution in [2.45, 2.75) is 13.5 Å². The first-order valence-corrected chi connectivity index (χ1v) is 10.6. The fourth-order valence-corrected chi connectivity index (χ4v) is 3.52. The fourth-order valence-electron chi connectivity index (χ4n) is 3.06. The number of hydrogen-bond donors (Lipinski definition) is 0. The first kappa shape index (κ1) is 21.9. The molecule has 0 atom stereocenters. The first-order valence-electron chi connectivity index (χ1n) is 9.89. The van der Waals surface area contributed by atoms with Crippen LogP contribution in [0.4, 0.5) is 0 Å². The molecule has 0 radical (unpaired) electrons. The predicted octanol–water partition coefficient (Wildman–Crippen LogP) is 5.56. The zero-order valence-corrected chi connectivity index (χ0v) is 18.7. The van der Waals surface area contributed by atoms with E-state index < -0.39 is 0 Å². The molecular weight excluding hydrogens is 449 g/mol. The van der Waals surface area contributed by atoms with Crippen LogP contribution in [0.2, 0.25) is 10.0 Å². The molecular formula is C24H19Cl2N3O3. The summed E-state index contributed by atoms with van der Waals surface area (Å²) in [4.78, 5) is 16.9. The van der Waals surface area contributed by atoms with Crippen LogP contribution in [0.25, 0.3) is 10.9 Å². The fraction of sp³-hybridized carbons (Fsp3) is 0.125. The molecule has 0 aliphatic heterocycles. The van der Waals surface area contributed by atoms with Gasteiger partial charge in [-0.1, -0.05) is 41.4 Å². The third-order valence-electron chi connectivity index (χ3n) is 4.65. The third kappa shape index (κ3) is 4.93. The lowest BCUT2D eigenvalue weighted by Gasteiger charge is -2.13. The zero-order chi connectivity index (χ0) is 22.5. The molecule has 0 bridgehead atoms. The molecule has 0 saturated carbocycles. The molecule has 0 aliphatic carbocycles. The van der Waals surface area contributed by atoms with E-state index in [0.717, 1.165) is 11.1 Å². The highest BCUT2D eigenvalue weighted by atomic mass is 35.5. The van der Waals surface area contributed by atoms with Gasteiger partial charge in [0.1, 0.15) is 12.9 Å². The average Bonchev–Trinajstić information content (AvgIpc) is 2.79. The van der Waals surface area contributed by atoms with Gasteiger partial charge in [-0.05, 0) is 55.0 Å². The molecule has 162 valence electrons. The van der Waals surface area contributed by atoms with E-state index in [1.807, 2.05) is 25.1 Å². The minimum absolute atomic E-state index is 0.239. The number of para-hydroxylation sites is 1. The van der Waals surface area contributed by atoms with Gasteiger partial charge in [-0.2, -0.15) is 9.78 Å². The average molecular weight is 468 g/mol. The van der Waals surface area contributed by atoms with Crippen LogP contribution in [0.5, 0.6) is 11.5 Å². The van der Waals surface area contributed by atoms with Gasteiger partial charge in [-0.25, -0.2) is 4.98 Å². The number of nitrogens with zero attached hydrogens (tertiary/aromatic N) is 3. The van der Waals surface area contributed by atoms with Gasteiger partial charge in [0.05, 0.1) is 23.7 Å². The summed E-state index contributed by atoms with van der Waals surface area (Å²) in [6.07, 6.45) is 2.97. The predicted molar refractivity (Wildman–Crippen MR) is 127 cm³/mol. The van der Waals surface area contributed by atoms with Gasteiger partial charge in [0.25, 0.3) is 5.56 Å². The molecule has 1 heterocycles. The van der Waals surface area contributed by atoms with Crippen molar-refractivity contribution < 1.29 is 9.47 Å². The summed E-state index contributed by atoms with van der Waals surface area (Å²) >= 11 is 12.2. The van der Waals surface area contributed by atoms with Gasteiger partial charge >= 0.3 is 0 Å². The minimum atomic E-state index is -0.239. The van der Waals surface area contributed by atoms with Crippen molar-refractivity contribution in [1.82, 2.24) is 9.66 Å². The lowest BCUT2D eigenvalue weighted by molar-refractivity contribution is 0.269. The van der Waals surface area contributed by atoms with Crippen molar-refractivity contribution in [1.29, 1.82) is 0 Å². The second-order valence-corrected chi connectivity index (χ2v) is 7.66. The molecule has 0 spiro atoms. The maximum atomic E-state index is 12.6. The number of hydrogen-bond acceptors (Lipinski definition) is 5. The highest BCUT2D eigenvalue weighted by Crippen LogP contribution is 2.30. The van der Waals surface area contributed by atoms with Gasteiger partial charge in [-0.3, -0.25) is 4.79 Å². The van der Waals surface area contributed by atoms with E-state index in [-0.39, 0.29) is 12.2 Å². The van der Waals surface area contributed by atoms with E-state index >= 15 is 0 Å². The second kappa shape index (κ2) is 9.85. The topological polar surface area (TPSA) is 65.7 Å². The van der Waals surface area contributed by atoms with Crippen molar-refractivity contribution in [3.8, 4) is 11.5 Å². The van der Waals surface area contributed by atoms with Crippen molar-refractivity contribution in [3.05, 3.63) is 98.5 Å². The second-order valence-electron chi connectivity index (χ2n) is 6.82. The normalized spacial score (nSPS) is 11.2. The summed E-state index contributed by atoms with van der Waals surface area (Å²) in [5.41, 5.74) is 1.94. The van der Waals surface area contributed by atoms with E-state index in [9.17, 15) is 4.79 Å². The van der Waals surface area contributed by atoms with Crippen LogP contribution in [0.15, 0.2) is 76.9 Å². The number of fused-ring (bicyclic) bond motifs is 1. The van der Waals surface area contributed by atoms with Gasteiger partial charge < -0.3 is 9.47 Å². The Balaban J connectivity index is 1.56. The third-order valence-corrected chi connectivity index (χ3v) is 5.23. The number of rotatable bonds is 7. The summed E-state index contributed by atoms with van der Waals surface area (Å²) < 4.78 is 12.9. The highest BCUT2D eigenvalue weighted by molar-refractivity contribution is 6.35. The number of aromatic nitrogens is 2. The molecule has 0 N–H and O–H groups in total. The maximum Gasteiger partial charge on any atom is 0.281 e. The zero-order valence-electron chi connectivity index (χ0n) is 17.2. The lowest BCUT2D eigenvalue weighted by Crippen LogP contribution is -2.16. The number of ether oxygens (including phenoxy) is 2. The Morgan fingerprint density at radius 3 is 2.69 bits per heavy atom.